The molecule has 0 atom stereocenters. The Kier molecular flexibility index (Phi) is 5.17. The Morgan fingerprint density at radius 1 is 1.08 bits per heavy atom. The fraction of sp³-hybridized carbons (Fsp3) is 0.240. The summed E-state index contributed by atoms with van der Waals surface area (Å²) < 4.78 is 3.25. The van der Waals surface area contributed by atoms with E-state index in [1.807, 2.05) is 19.1 Å². The third-order valence-corrected chi connectivity index (χ3v) is 6.62. The number of rotatable bonds is 4. The number of H-pyrrole nitrogens is 1. The molecule has 0 aliphatic carbocycles. The van der Waals surface area contributed by atoms with Crippen LogP contribution < -0.4 is 11.2 Å². The van der Waals surface area contributed by atoms with E-state index in [0.717, 1.165) is 31.6 Å². The van der Waals surface area contributed by atoms with Crippen molar-refractivity contribution in [2.24, 2.45) is 0 Å². The Bertz CT molecular complexity index is 1710. The van der Waals surface area contributed by atoms with Gasteiger partial charge in [0.05, 0.1) is 22.1 Å². The number of nitrogens with zero attached hydrogens (tertiary/aromatic N) is 8. The first-order valence-corrected chi connectivity index (χ1v) is 11.7. The molecule has 1 N–H and O–H groups in total. The van der Waals surface area contributed by atoms with Gasteiger partial charge in [-0.15, -0.1) is 0 Å². The first-order chi connectivity index (χ1) is 17.5. The van der Waals surface area contributed by atoms with Crippen molar-refractivity contribution in [2.75, 3.05) is 13.1 Å². The number of hydrogen-bond donors (Lipinski definition) is 1. The second-order valence-electron chi connectivity index (χ2n) is 8.89. The molecule has 1 aliphatic heterocycles. The Labute approximate surface area is 204 Å². The van der Waals surface area contributed by atoms with Crippen LogP contribution in [0.1, 0.15) is 25.8 Å². The maximum atomic E-state index is 13.1. The van der Waals surface area contributed by atoms with Crippen molar-refractivity contribution in [3.05, 3.63) is 82.3 Å². The predicted octanol–water partition coefficient (Wildman–Crippen LogP) is 2.45. The minimum atomic E-state index is -0.473. The zero-order chi connectivity index (χ0) is 24.8. The van der Waals surface area contributed by atoms with E-state index in [0.29, 0.717) is 39.1 Å². The van der Waals surface area contributed by atoms with E-state index in [9.17, 15) is 9.59 Å². The van der Waals surface area contributed by atoms with Crippen molar-refractivity contribution in [1.29, 1.82) is 0 Å². The van der Waals surface area contributed by atoms with E-state index in [1.165, 1.54) is 6.20 Å². The maximum Gasteiger partial charge on any atom is 0.329 e. The number of likely N-dealkylation sites (tertiary alicyclic amines) is 1. The molecule has 0 saturated carbocycles. The monoisotopic (exact) mass is 481 g/mol. The molecule has 0 bridgehead atoms. The summed E-state index contributed by atoms with van der Waals surface area (Å²) in [5, 5.41) is 4.48. The van der Waals surface area contributed by atoms with E-state index in [1.54, 1.807) is 40.1 Å². The van der Waals surface area contributed by atoms with Gasteiger partial charge in [0, 0.05) is 61.4 Å². The molecule has 5 aromatic rings. The van der Waals surface area contributed by atoms with Crippen LogP contribution in [-0.4, -0.2) is 57.3 Å². The Morgan fingerprint density at radius 2 is 1.86 bits per heavy atom. The van der Waals surface area contributed by atoms with Crippen LogP contribution in [0.5, 0.6) is 0 Å². The Balaban J connectivity index is 1.50. The molecule has 1 fully saturated rings. The molecule has 11 nitrogen and oxygen atoms in total. The summed E-state index contributed by atoms with van der Waals surface area (Å²) in [5.74, 6) is 0.443. The van der Waals surface area contributed by atoms with Crippen LogP contribution >= 0.6 is 0 Å². The van der Waals surface area contributed by atoms with Crippen molar-refractivity contribution in [3.8, 4) is 17.2 Å². The summed E-state index contributed by atoms with van der Waals surface area (Å²) in [6.45, 7) is 7.59. The largest absolute Gasteiger partial charge is 0.375 e. The fourth-order valence-electron chi connectivity index (χ4n) is 4.76. The highest BCUT2D eigenvalue weighted by atomic mass is 16.2. The molecule has 0 spiro atoms. The minimum Gasteiger partial charge on any atom is -0.375 e. The molecule has 6 heterocycles. The fourth-order valence-corrected chi connectivity index (χ4v) is 4.76. The number of piperidine rings is 1. The quantitative estimate of drug-likeness (QED) is 0.388. The van der Waals surface area contributed by atoms with Gasteiger partial charge in [0.25, 0.3) is 5.56 Å². The first-order valence-electron chi connectivity index (χ1n) is 11.7. The molecule has 0 amide bonds. The van der Waals surface area contributed by atoms with Crippen LogP contribution in [0.4, 0.5) is 0 Å². The van der Waals surface area contributed by atoms with Gasteiger partial charge in [0.2, 0.25) is 5.95 Å². The van der Waals surface area contributed by atoms with Crippen molar-refractivity contribution in [3.63, 3.8) is 0 Å². The number of aromatic nitrogens is 8. The van der Waals surface area contributed by atoms with Crippen molar-refractivity contribution < 1.29 is 0 Å². The third kappa shape index (κ3) is 3.65. The van der Waals surface area contributed by atoms with E-state index >= 15 is 0 Å². The van der Waals surface area contributed by atoms with Gasteiger partial charge >= 0.3 is 5.69 Å². The number of aromatic amines is 1. The van der Waals surface area contributed by atoms with Gasteiger partial charge in [-0.25, -0.2) is 24.4 Å². The smallest absolute Gasteiger partial charge is 0.329 e. The summed E-state index contributed by atoms with van der Waals surface area (Å²) in [4.78, 5) is 48.6. The van der Waals surface area contributed by atoms with Crippen molar-refractivity contribution in [1.82, 2.24) is 44.2 Å². The Morgan fingerprint density at radius 3 is 2.56 bits per heavy atom. The predicted molar refractivity (Wildman–Crippen MR) is 135 cm³/mol. The molecule has 11 heteroatoms. The lowest BCUT2D eigenvalue weighted by molar-refractivity contribution is 0.228. The standard InChI is InChI=1S/C25H23N9O2/c1-15(2)32-10-6-17(7-11-32)34-22-18(23(35)31-25(34)36)14-26-20-5-4-19(30-21(20)22)16-12-27-24(28-13-16)33-9-3-8-29-33/h3-5,8-9,12-14,17H,1,6-7,10-11H2,2H3,(H,31,35,36). The molecule has 180 valence electrons. The number of nitrogens with one attached hydrogen (secondary N) is 1. The van der Waals surface area contributed by atoms with Crippen LogP contribution in [0.2, 0.25) is 0 Å². The second-order valence-corrected chi connectivity index (χ2v) is 8.89. The summed E-state index contributed by atoms with van der Waals surface area (Å²) in [7, 11) is 0. The minimum absolute atomic E-state index is 0.0832. The number of fused-ring (bicyclic) bond motifs is 3. The highest BCUT2D eigenvalue weighted by Crippen LogP contribution is 2.29. The van der Waals surface area contributed by atoms with Gasteiger partial charge in [0.1, 0.15) is 5.52 Å². The highest BCUT2D eigenvalue weighted by Gasteiger charge is 2.25. The lowest BCUT2D eigenvalue weighted by Crippen LogP contribution is -2.39. The summed E-state index contributed by atoms with van der Waals surface area (Å²) >= 11 is 0. The first kappa shape index (κ1) is 21.8. The van der Waals surface area contributed by atoms with Gasteiger partial charge in [-0.3, -0.25) is 19.3 Å². The maximum absolute atomic E-state index is 13.1. The van der Waals surface area contributed by atoms with Crippen LogP contribution in [0, 0.1) is 0 Å². The average Bonchev–Trinajstić information content (AvgIpc) is 3.44. The lowest BCUT2D eigenvalue weighted by Gasteiger charge is -2.34. The number of hydrogen-bond acceptors (Lipinski definition) is 8. The van der Waals surface area contributed by atoms with Gasteiger partial charge in [-0.2, -0.15) is 5.10 Å². The summed E-state index contributed by atoms with van der Waals surface area (Å²) in [6, 6.07) is 5.37. The molecule has 5 aromatic heterocycles. The second kappa shape index (κ2) is 8.52. The molecular weight excluding hydrogens is 458 g/mol. The van der Waals surface area contributed by atoms with Crippen LogP contribution in [0.25, 0.3) is 39.1 Å². The zero-order valence-electron chi connectivity index (χ0n) is 19.6. The molecule has 6 rings (SSSR count). The Hall–Kier alpha value is -4.67. The highest BCUT2D eigenvalue weighted by molar-refractivity contribution is 6.01. The average molecular weight is 482 g/mol. The van der Waals surface area contributed by atoms with Crippen molar-refractivity contribution in [2.45, 2.75) is 25.8 Å². The molecule has 0 radical (unpaired) electrons. The van der Waals surface area contributed by atoms with Crippen LogP contribution in [0.3, 0.4) is 0 Å². The van der Waals surface area contributed by atoms with Gasteiger partial charge in [0.15, 0.2) is 0 Å². The van der Waals surface area contributed by atoms with Gasteiger partial charge in [-0.1, -0.05) is 6.58 Å². The van der Waals surface area contributed by atoms with E-state index in [-0.39, 0.29) is 6.04 Å². The van der Waals surface area contributed by atoms with E-state index in [4.69, 9.17) is 4.98 Å². The summed E-state index contributed by atoms with van der Waals surface area (Å²) in [6.07, 6.45) is 9.77. The van der Waals surface area contributed by atoms with E-state index in [2.05, 4.69) is 36.5 Å². The van der Waals surface area contributed by atoms with Crippen LogP contribution in [-0.2, 0) is 0 Å². The molecule has 1 saturated heterocycles. The molecule has 0 unspecified atom stereocenters. The zero-order valence-corrected chi connectivity index (χ0v) is 19.6. The van der Waals surface area contributed by atoms with E-state index < -0.39 is 11.2 Å². The third-order valence-electron chi connectivity index (χ3n) is 6.62. The summed E-state index contributed by atoms with van der Waals surface area (Å²) in [5.41, 5.74) is 2.99. The van der Waals surface area contributed by atoms with Gasteiger partial charge in [-0.05, 0) is 38.0 Å². The number of pyridine rings is 2. The topological polar surface area (TPSA) is 127 Å². The normalized spacial score (nSPS) is 14.5. The van der Waals surface area contributed by atoms with Crippen molar-refractivity contribution >= 4 is 21.9 Å². The molecule has 36 heavy (non-hydrogen) atoms. The lowest BCUT2D eigenvalue weighted by atomic mass is 10.0. The SMILES string of the molecule is C=C(C)N1CCC(n2c(=O)[nH]c(=O)c3cnc4ccc(-c5cnc(-n6cccn6)nc5)nc4c32)CC1. The number of allylic oxidation sites excluding steroid dienone is 1. The van der Waals surface area contributed by atoms with Crippen LogP contribution in [0.15, 0.2) is 71.0 Å². The molecule has 1 aliphatic rings. The molecule has 0 aromatic carbocycles. The van der Waals surface area contributed by atoms with Gasteiger partial charge < -0.3 is 4.90 Å². The molecular formula is C25H23N9O2.